The fraction of sp³-hybridized carbons (Fsp3) is 0.429. The number of rotatable bonds is 5. The summed E-state index contributed by atoms with van der Waals surface area (Å²) in [6.45, 7) is 3.58. The molecule has 1 saturated heterocycles. The molecule has 2 aromatic carbocycles. The Morgan fingerprint density at radius 3 is 1.68 bits per heavy atom. The maximum atomic E-state index is 2.48. The first-order chi connectivity index (χ1) is 10.8. The highest BCUT2D eigenvalue weighted by molar-refractivity contribution is 5.22. The molecular formula is C21H28N+. The number of hydrogen-bond acceptors (Lipinski definition) is 0. The van der Waals surface area contributed by atoms with Crippen molar-refractivity contribution in [2.24, 2.45) is 0 Å². The van der Waals surface area contributed by atoms with E-state index in [1.54, 1.807) is 0 Å². The van der Waals surface area contributed by atoms with Crippen LogP contribution in [-0.4, -0.2) is 18.1 Å². The molecule has 1 fully saturated rings. The van der Waals surface area contributed by atoms with Gasteiger partial charge in [-0.2, -0.15) is 0 Å². The zero-order chi connectivity index (χ0) is 15.4. The predicted octanol–water partition coefficient (Wildman–Crippen LogP) is 5.51. The van der Waals surface area contributed by atoms with E-state index < -0.39 is 0 Å². The molecule has 22 heavy (non-hydrogen) atoms. The standard InChI is InChI=1S/C21H28N/c1-3-4-17-22(2)20(18-11-7-5-8-12-18)15-16-21(22)19-13-9-6-10-14-19/h5-14,20-21H,3-4,15-17H2,1-2H3/q+1/t20-,21-/m0/s1. The van der Waals surface area contributed by atoms with Gasteiger partial charge < -0.3 is 4.48 Å². The molecule has 1 aliphatic heterocycles. The average molecular weight is 294 g/mol. The molecule has 2 aromatic rings. The minimum Gasteiger partial charge on any atom is -0.314 e. The van der Waals surface area contributed by atoms with Crippen molar-refractivity contribution in [1.82, 2.24) is 0 Å². The summed E-state index contributed by atoms with van der Waals surface area (Å²) >= 11 is 0. The van der Waals surface area contributed by atoms with Crippen molar-refractivity contribution in [1.29, 1.82) is 0 Å². The highest BCUT2D eigenvalue weighted by Crippen LogP contribution is 2.49. The first-order valence-electron chi connectivity index (χ1n) is 8.70. The SMILES string of the molecule is CCCC[N+]1(C)[C@H](c2ccccc2)CC[C@H]1c1ccccc1. The van der Waals surface area contributed by atoms with Gasteiger partial charge in [-0.1, -0.05) is 74.0 Å². The third-order valence-corrected chi connectivity index (χ3v) is 5.50. The molecular weight excluding hydrogens is 266 g/mol. The first-order valence-corrected chi connectivity index (χ1v) is 8.70. The quantitative estimate of drug-likeness (QED) is 0.638. The molecule has 2 atom stereocenters. The van der Waals surface area contributed by atoms with Gasteiger partial charge in [0.1, 0.15) is 12.1 Å². The van der Waals surface area contributed by atoms with Crippen molar-refractivity contribution in [2.75, 3.05) is 13.6 Å². The van der Waals surface area contributed by atoms with Crippen molar-refractivity contribution in [3.63, 3.8) is 0 Å². The van der Waals surface area contributed by atoms with Crippen LogP contribution < -0.4 is 0 Å². The van der Waals surface area contributed by atoms with Crippen LogP contribution in [0.2, 0.25) is 0 Å². The molecule has 0 amide bonds. The Hall–Kier alpha value is -1.60. The third-order valence-electron chi connectivity index (χ3n) is 5.50. The van der Waals surface area contributed by atoms with Crippen LogP contribution in [0.5, 0.6) is 0 Å². The summed E-state index contributed by atoms with van der Waals surface area (Å²) in [6.07, 6.45) is 5.17. The Kier molecular flexibility index (Phi) is 4.63. The summed E-state index contributed by atoms with van der Waals surface area (Å²) in [5.41, 5.74) is 3.03. The summed E-state index contributed by atoms with van der Waals surface area (Å²) < 4.78 is 1.17. The highest BCUT2D eigenvalue weighted by atomic mass is 15.4. The number of quaternary nitrogens is 1. The van der Waals surface area contributed by atoms with Crippen LogP contribution in [0.4, 0.5) is 0 Å². The topological polar surface area (TPSA) is 0 Å². The van der Waals surface area contributed by atoms with Gasteiger partial charge in [0.15, 0.2) is 0 Å². The van der Waals surface area contributed by atoms with Crippen molar-refractivity contribution < 1.29 is 4.48 Å². The molecule has 0 aromatic heterocycles. The maximum absolute atomic E-state index is 2.48. The lowest BCUT2D eigenvalue weighted by molar-refractivity contribution is -0.954. The van der Waals surface area contributed by atoms with Gasteiger partial charge >= 0.3 is 0 Å². The van der Waals surface area contributed by atoms with E-state index in [9.17, 15) is 0 Å². The molecule has 0 unspecified atom stereocenters. The Balaban J connectivity index is 1.95. The molecule has 0 spiro atoms. The number of nitrogens with zero attached hydrogens (tertiary/aromatic N) is 1. The Bertz CT molecular complexity index is 528. The summed E-state index contributed by atoms with van der Waals surface area (Å²) in [4.78, 5) is 0. The number of unbranched alkanes of at least 4 members (excludes halogenated alkanes) is 1. The summed E-state index contributed by atoms with van der Waals surface area (Å²) in [6, 6.07) is 23.6. The lowest BCUT2D eigenvalue weighted by atomic mass is 10.0. The van der Waals surface area contributed by atoms with Gasteiger partial charge in [-0.25, -0.2) is 0 Å². The van der Waals surface area contributed by atoms with Crippen LogP contribution in [0.25, 0.3) is 0 Å². The molecule has 0 aliphatic carbocycles. The first kappa shape index (κ1) is 15.3. The van der Waals surface area contributed by atoms with Crippen LogP contribution >= 0.6 is 0 Å². The van der Waals surface area contributed by atoms with E-state index in [2.05, 4.69) is 74.6 Å². The zero-order valence-electron chi connectivity index (χ0n) is 13.9. The molecule has 1 heteroatoms. The van der Waals surface area contributed by atoms with E-state index in [4.69, 9.17) is 0 Å². The van der Waals surface area contributed by atoms with Crippen LogP contribution in [0.15, 0.2) is 60.7 Å². The minimum absolute atomic E-state index is 0.637. The van der Waals surface area contributed by atoms with E-state index in [-0.39, 0.29) is 0 Å². The van der Waals surface area contributed by atoms with Gasteiger partial charge in [0.25, 0.3) is 0 Å². The Morgan fingerprint density at radius 1 is 0.818 bits per heavy atom. The van der Waals surface area contributed by atoms with Gasteiger partial charge in [-0.3, -0.25) is 0 Å². The molecule has 1 nitrogen and oxygen atoms in total. The normalized spacial score (nSPS) is 23.5. The molecule has 1 aliphatic rings. The van der Waals surface area contributed by atoms with Crippen molar-refractivity contribution in [3.05, 3.63) is 71.8 Å². The lowest BCUT2D eigenvalue weighted by Crippen LogP contribution is -2.45. The van der Waals surface area contributed by atoms with Crippen molar-refractivity contribution in [2.45, 2.75) is 44.7 Å². The minimum atomic E-state index is 0.637. The van der Waals surface area contributed by atoms with Crippen LogP contribution in [0, 0.1) is 0 Å². The van der Waals surface area contributed by atoms with Crippen molar-refractivity contribution >= 4 is 0 Å². The van der Waals surface area contributed by atoms with Gasteiger partial charge in [-0.05, 0) is 6.42 Å². The monoisotopic (exact) mass is 294 g/mol. The molecule has 0 radical (unpaired) electrons. The van der Waals surface area contributed by atoms with Crippen LogP contribution in [0.1, 0.15) is 55.8 Å². The smallest absolute Gasteiger partial charge is 0.115 e. The molecule has 116 valence electrons. The molecule has 1 heterocycles. The predicted molar refractivity (Wildman–Crippen MR) is 93.6 cm³/mol. The number of benzene rings is 2. The fourth-order valence-corrected chi connectivity index (χ4v) is 4.30. The second-order valence-corrected chi connectivity index (χ2v) is 6.85. The van der Waals surface area contributed by atoms with E-state index in [1.807, 2.05) is 0 Å². The molecule has 0 bridgehead atoms. The van der Waals surface area contributed by atoms with E-state index in [0.29, 0.717) is 12.1 Å². The maximum Gasteiger partial charge on any atom is 0.115 e. The number of likely N-dealkylation sites (tertiary alicyclic amines) is 1. The second-order valence-electron chi connectivity index (χ2n) is 6.85. The highest BCUT2D eigenvalue weighted by Gasteiger charge is 2.46. The van der Waals surface area contributed by atoms with E-state index in [0.717, 1.165) is 0 Å². The number of hydrogen-bond donors (Lipinski definition) is 0. The van der Waals surface area contributed by atoms with Gasteiger partial charge in [0.2, 0.25) is 0 Å². The van der Waals surface area contributed by atoms with Crippen LogP contribution in [-0.2, 0) is 0 Å². The summed E-state index contributed by atoms with van der Waals surface area (Å²) in [7, 11) is 2.48. The van der Waals surface area contributed by atoms with Gasteiger partial charge in [-0.15, -0.1) is 0 Å². The lowest BCUT2D eigenvalue weighted by Gasteiger charge is -2.42. The molecule has 0 N–H and O–H groups in total. The average Bonchev–Trinajstić information content (AvgIpc) is 2.92. The second kappa shape index (κ2) is 6.66. The van der Waals surface area contributed by atoms with Crippen molar-refractivity contribution in [3.8, 4) is 0 Å². The summed E-state index contributed by atoms with van der Waals surface area (Å²) in [5, 5.41) is 0. The Morgan fingerprint density at radius 2 is 1.27 bits per heavy atom. The van der Waals surface area contributed by atoms with E-state index in [1.165, 1.54) is 47.8 Å². The fourth-order valence-electron chi connectivity index (χ4n) is 4.30. The van der Waals surface area contributed by atoms with Gasteiger partial charge in [0, 0.05) is 24.0 Å². The van der Waals surface area contributed by atoms with E-state index >= 15 is 0 Å². The van der Waals surface area contributed by atoms with Gasteiger partial charge in [0.05, 0.1) is 13.6 Å². The van der Waals surface area contributed by atoms with Crippen LogP contribution in [0.3, 0.4) is 0 Å². The summed E-state index contributed by atoms with van der Waals surface area (Å²) in [5.74, 6) is 0. The molecule has 0 saturated carbocycles. The Labute approximate surface area is 135 Å². The zero-order valence-corrected chi connectivity index (χ0v) is 13.9. The third kappa shape index (κ3) is 2.83. The molecule has 3 rings (SSSR count). The largest absolute Gasteiger partial charge is 0.314 e.